The van der Waals surface area contributed by atoms with Gasteiger partial charge in [0.25, 0.3) is 0 Å². The SMILES string of the molecule is Cc1ccc(NC(C)Cn2cccn2)c(C(N)=S)c1. The first-order valence-electron chi connectivity index (χ1n) is 6.20. The lowest BCUT2D eigenvalue weighted by Crippen LogP contribution is -2.24. The summed E-state index contributed by atoms with van der Waals surface area (Å²) in [6.45, 7) is 4.92. The molecule has 0 saturated heterocycles. The minimum Gasteiger partial charge on any atom is -0.389 e. The van der Waals surface area contributed by atoms with E-state index in [4.69, 9.17) is 18.0 Å². The van der Waals surface area contributed by atoms with Crippen LogP contribution in [0.15, 0.2) is 36.7 Å². The van der Waals surface area contributed by atoms with Gasteiger partial charge >= 0.3 is 0 Å². The smallest absolute Gasteiger partial charge is 0.106 e. The van der Waals surface area contributed by atoms with Gasteiger partial charge in [0.15, 0.2) is 0 Å². The minimum atomic E-state index is 0.232. The summed E-state index contributed by atoms with van der Waals surface area (Å²) in [5, 5.41) is 7.62. The van der Waals surface area contributed by atoms with Gasteiger partial charge in [0.2, 0.25) is 0 Å². The monoisotopic (exact) mass is 274 g/mol. The van der Waals surface area contributed by atoms with Crippen LogP contribution in [0.2, 0.25) is 0 Å². The van der Waals surface area contributed by atoms with Gasteiger partial charge < -0.3 is 11.1 Å². The largest absolute Gasteiger partial charge is 0.389 e. The lowest BCUT2D eigenvalue weighted by Gasteiger charge is -2.18. The molecular weight excluding hydrogens is 256 g/mol. The zero-order chi connectivity index (χ0) is 13.8. The Labute approximate surface area is 118 Å². The summed E-state index contributed by atoms with van der Waals surface area (Å²) in [5.74, 6) is 0. The van der Waals surface area contributed by atoms with Crippen molar-refractivity contribution in [3.05, 3.63) is 47.8 Å². The summed E-state index contributed by atoms with van der Waals surface area (Å²) in [6, 6.07) is 8.22. The quantitative estimate of drug-likeness (QED) is 0.822. The number of anilines is 1. The predicted molar refractivity (Wildman–Crippen MR) is 82.4 cm³/mol. The minimum absolute atomic E-state index is 0.232. The van der Waals surface area contributed by atoms with E-state index in [0.29, 0.717) is 4.99 Å². The molecule has 0 fully saturated rings. The lowest BCUT2D eigenvalue weighted by atomic mass is 10.1. The average molecular weight is 274 g/mol. The molecule has 3 N–H and O–H groups in total. The maximum absolute atomic E-state index is 5.77. The van der Waals surface area contributed by atoms with Gasteiger partial charge in [-0.15, -0.1) is 0 Å². The molecule has 0 radical (unpaired) electrons. The lowest BCUT2D eigenvalue weighted by molar-refractivity contribution is 0.561. The molecule has 19 heavy (non-hydrogen) atoms. The Morgan fingerprint density at radius 1 is 1.53 bits per heavy atom. The fourth-order valence-corrected chi connectivity index (χ4v) is 2.16. The van der Waals surface area contributed by atoms with Crippen molar-refractivity contribution in [2.24, 2.45) is 5.73 Å². The van der Waals surface area contributed by atoms with Crippen molar-refractivity contribution in [1.82, 2.24) is 9.78 Å². The van der Waals surface area contributed by atoms with Crippen molar-refractivity contribution >= 4 is 22.9 Å². The van der Waals surface area contributed by atoms with Crippen LogP contribution in [-0.4, -0.2) is 20.8 Å². The Morgan fingerprint density at radius 2 is 2.32 bits per heavy atom. The van der Waals surface area contributed by atoms with E-state index in [-0.39, 0.29) is 6.04 Å². The highest BCUT2D eigenvalue weighted by Gasteiger charge is 2.09. The summed E-state index contributed by atoms with van der Waals surface area (Å²) >= 11 is 5.10. The molecule has 0 saturated carbocycles. The van der Waals surface area contributed by atoms with Crippen molar-refractivity contribution in [3.8, 4) is 0 Å². The number of aryl methyl sites for hydroxylation is 1. The maximum atomic E-state index is 5.77. The Bertz CT molecular complexity index is 563. The Hall–Kier alpha value is -1.88. The molecule has 1 heterocycles. The molecule has 4 nitrogen and oxygen atoms in total. The standard InChI is InChI=1S/C14H18N4S/c1-10-4-5-13(12(8-10)14(15)19)17-11(2)9-18-7-3-6-16-18/h3-8,11,17H,9H2,1-2H3,(H2,15,19). The molecule has 1 aromatic carbocycles. The van der Waals surface area contributed by atoms with Gasteiger partial charge in [-0.25, -0.2) is 0 Å². The molecule has 5 heteroatoms. The van der Waals surface area contributed by atoms with Gasteiger partial charge in [-0.05, 0) is 32.0 Å². The van der Waals surface area contributed by atoms with E-state index in [0.717, 1.165) is 23.4 Å². The van der Waals surface area contributed by atoms with E-state index in [2.05, 4.69) is 17.3 Å². The Balaban J connectivity index is 2.12. The Morgan fingerprint density at radius 3 is 2.95 bits per heavy atom. The van der Waals surface area contributed by atoms with Gasteiger partial charge in [-0.1, -0.05) is 23.8 Å². The van der Waals surface area contributed by atoms with Crippen LogP contribution < -0.4 is 11.1 Å². The van der Waals surface area contributed by atoms with Crippen molar-refractivity contribution in [3.63, 3.8) is 0 Å². The second-order valence-corrected chi connectivity index (χ2v) is 5.13. The molecule has 0 bridgehead atoms. The van der Waals surface area contributed by atoms with E-state index < -0.39 is 0 Å². The van der Waals surface area contributed by atoms with E-state index in [1.54, 1.807) is 6.20 Å². The molecule has 2 aromatic rings. The normalized spacial score (nSPS) is 12.1. The van der Waals surface area contributed by atoms with Crippen LogP contribution in [0.1, 0.15) is 18.1 Å². The molecule has 1 atom stereocenters. The predicted octanol–water partition coefficient (Wildman–Crippen LogP) is 2.33. The molecule has 0 aliphatic carbocycles. The molecule has 0 spiro atoms. The Kier molecular flexibility index (Phi) is 4.16. The summed E-state index contributed by atoms with van der Waals surface area (Å²) in [7, 11) is 0. The fraction of sp³-hybridized carbons (Fsp3) is 0.286. The maximum Gasteiger partial charge on any atom is 0.106 e. The van der Waals surface area contributed by atoms with Crippen LogP contribution in [-0.2, 0) is 6.54 Å². The van der Waals surface area contributed by atoms with Gasteiger partial charge in [0.05, 0.1) is 6.54 Å². The highest BCUT2D eigenvalue weighted by atomic mass is 32.1. The van der Waals surface area contributed by atoms with Crippen molar-refractivity contribution in [1.29, 1.82) is 0 Å². The van der Waals surface area contributed by atoms with Crippen LogP contribution in [0.25, 0.3) is 0 Å². The number of hydrogen-bond donors (Lipinski definition) is 2. The average Bonchev–Trinajstić information content (AvgIpc) is 2.83. The highest BCUT2D eigenvalue weighted by Crippen LogP contribution is 2.18. The van der Waals surface area contributed by atoms with Crippen LogP contribution in [0.5, 0.6) is 0 Å². The number of nitrogens with one attached hydrogen (secondary N) is 1. The van der Waals surface area contributed by atoms with Crippen LogP contribution >= 0.6 is 12.2 Å². The van der Waals surface area contributed by atoms with Crippen molar-refractivity contribution < 1.29 is 0 Å². The van der Waals surface area contributed by atoms with Gasteiger partial charge in [0.1, 0.15) is 4.99 Å². The van der Waals surface area contributed by atoms with Gasteiger partial charge in [0, 0.05) is 29.7 Å². The number of benzene rings is 1. The first-order chi connectivity index (χ1) is 9.06. The fourth-order valence-electron chi connectivity index (χ4n) is 1.99. The third-order valence-electron chi connectivity index (χ3n) is 2.86. The second kappa shape index (κ2) is 5.84. The second-order valence-electron chi connectivity index (χ2n) is 4.69. The van der Waals surface area contributed by atoms with Gasteiger partial charge in [-0.2, -0.15) is 5.10 Å². The van der Waals surface area contributed by atoms with Crippen molar-refractivity contribution in [2.75, 3.05) is 5.32 Å². The van der Waals surface area contributed by atoms with E-state index in [9.17, 15) is 0 Å². The molecule has 0 aliphatic rings. The summed E-state index contributed by atoms with van der Waals surface area (Å²) in [6.07, 6.45) is 3.72. The summed E-state index contributed by atoms with van der Waals surface area (Å²) in [5.41, 5.74) is 8.78. The van der Waals surface area contributed by atoms with Crippen LogP contribution in [0.3, 0.4) is 0 Å². The number of rotatable bonds is 5. The van der Waals surface area contributed by atoms with E-state index in [1.807, 2.05) is 42.1 Å². The molecule has 2 rings (SSSR count). The number of hydrogen-bond acceptors (Lipinski definition) is 3. The number of aromatic nitrogens is 2. The summed E-state index contributed by atoms with van der Waals surface area (Å²) < 4.78 is 1.90. The van der Waals surface area contributed by atoms with E-state index >= 15 is 0 Å². The topological polar surface area (TPSA) is 55.9 Å². The molecule has 1 aromatic heterocycles. The molecular formula is C14H18N4S. The first-order valence-corrected chi connectivity index (χ1v) is 6.61. The molecule has 1 unspecified atom stereocenters. The number of nitrogens with two attached hydrogens (primary N) is 1. The van der Waals surface area contributed by atoms with Gasteiger partial charge in [-0.3, -0.25) is 4.68 Å². The molecule has 100 valence electrons. The molecule has 0 aliphatic heterocycles. The van der Waals surface area contributed by atoms with E-state index in [1.165, 1.54) is 0 Å². The molecule has 0 amide bonds. The summed E-state index contributed by atoms with van der Waals surface area (Å²) in [4.78, 5) is 0.414. The van der Waals surface area contributed by atoms with Crippen LogP contribution in [0, 0.1) is 6.92 Å². The number of thiocarbonyl (C=S) groups is 1. The highest BCUT2D eigenvalue weighted by molar-refractivity contribution is 7.80. The third kappa shape index (κ3) is 3.54. The van der Waals surface area contributed by atoms with Crippen molar-refractivity contribution in [2.45, 2.75) is 26.4 Å². The first kappa shape index (κ1) is 13.5. The van der Waals surface area contributed by atoms with Crippen LogP contribution in [0.4, 0.5) is 5.69 Å². The zero-order valence-electron chi connectivity index (χ0n) is 11.1. The third-order valence-corrected chi connectivity index (χ3v) is 3.08. The zero-order valence-corrected chi connectivity index (χ0v) is 11.9. The number of nitrogens with zero attached hydrogens (tertiary/aromatic N) is 2.